The zero-order chi connectivity index (χ0) is 9.14. The van der Waals surface area contributed by atoms with Gasteiger partial charge in [-0.1, -0.05) is 19.4 Å². The molecule has 0 unspecified atom stereocenters. The van der Waals surface area contributed by atoms with Crippen LogP contribution in [0.25, 0.3) is 0 Å². The van der Waals surface area contributed by atoms with Gasteiger partial charge in [-0.2, -0.15) is 0 Å². The van der Waals surface area contributed by atoms with E-state index in [1.807, 2.05) is 13.0 Å². The van der Waals surface area contributed by atoms with Gasteiger partial charge in [-0.05, 0) is 18.9 Å². The van der Waals surface area contributed by atoms with Crippen LogP contribution in [0, 0.1) is 5.92 Å². The van der Waals surface area contributed by atoms with Gasteiger partial charge in [0.25, 0.3) is 0 Å². The van der Waals surface area contributed by atoms with Gasteiger partial charge in [0, 0.05) is 6.08 Å². The van der Waals surface area contributed by atoms with Crippen molar-refractivity contribution >= 4 is 5.78 Å². The maximum Gasteiger partial charge on any atom is 0.196 e. The van der Waals surface area contributed by atoms with Gasteiger partial charge in [0.15, 0.2) is 12.4 Å². The highest BCUT2D eigenvalue weighted by molar-refractivity contribution is 5.93. The summed E-state index contributed by atoms with van der Waals surface area (Å²) in [5.74, 6) is 1.26. The Morgan fingerprint density at radius 2 is 2.33 bits per heavy atom. The van der Waals surface area contributed by atoms with Crippen molar-refractivity contribution in [2.24, 2.45) is 5.92 Å². The summed E-state index contributed by atoms with van der Waals surface area (Å²) in [6.07, 6.45) is 3.47. The highest BCUT2D eigenvalue weighted by Gasteiger charge is 2.11. The molecule has 12 heavy (non-hydrogen) atoms. The van der Waals surface area contributed by atoms with Gasteiger partial charge >= 0.3 is 0 Å². The quantitative estimate of drug-likeness (QED) is 0.627. The minimum absolute atomic E-state index is 0.0535. The first-order chi connectivity index (χ1) is 5.59. The first kappa shape index (κ1) is 9.04. The van der Waals surface area contributed by atoms with E-state index in [-0.39, 0.29) is 12.4 Å². The number of allylic oxidation sites excluding steroid dienone is 2. The lowest BCUT2D eigenvalue weighted by Crippen LogP contribution is -1.93. The summed E-state index contributed by atoms with van der Waals surface area (Å²) in [7, 11) is 0. The van der Waals surface area contributed by atoms with Crippen molar-refractivity contribution in [3.8, 4) is 0 Å². The van der Waals surface area contributed by atoms with E-state index in [0.29, 0.717) is 11.7 Å². The molecule has 0 saturated heterocycles. The molecular weight excluding hydrogens is 152 g/mol. The molecule has 0 aromatic heterocycles. The molecule has 0 bridgehead atoms. The average molecular weight is 166 g/mol. The number of ether oxygens (including phenoxy) is 1. The van der Waals surface area contributed by atoms with Gasteiger partial charge in [0.1, 0.15) is 5.76 Å². The fourth-order valence-corrected chi connectivity index (χ4v) is 0.871. The van der Waals surface area contributed by atoms with Crippen molar-refractivity contribution in [1.29, 1.82) is 0 Å². The highest BCUT2D eigenvalue weighted by Crippen LogP contribution is 2.15. The zero-order valence-electron chi connectivity index (χ0n) is 7.76. The third-order valence-electron chi connectivity index (χ3n) is 1.96. The van der Waals surface area contributed by atoms with Crippen LogP contribution in [-0.2, 0) is 9.53 Å². The Labute approximate surface area is 72.9 Å². The van der Waals surface area contributed by atoms with E-state index in [2.05, 4.69) is 13.8 Å². The molecular formula is C10H14O2. The lowest BCUT2D eigenvalue weighted by atomic mass is 10.0. The molecule has 0 aromatic rings. The van der Waals surface area contributed by atoms with Crippen molar-refractivity contribution < 1.29 is 9.53 Å². The molecule has 0 radical (unpaired) electrons. The molecule has 0 aromatic carbocycles. The Bertz CT molecular complexity index is 247. The van der Waals surface area contributed by atoms with E-state index in [1.54, 1.807) is 6.08 Å². The minimum Gasteiger partial charge on any atom is -0.485 e. The van der Waals surface area contributed by atoms with Gasteiger partial charge < -0.3 is 4.74 Å². The van der Waals surface area contributed by atoms with Crippen LogP contribution in [0.5, 0.6) is 0 Å². The molecule has 1 heterocycles. The van der Waals surface area contributed by atoms with Crippen LogP contribution >= 0.6 is 0 Å². The van der Waals surface area contributed by atoms with Gasteiger partial charge in [0.05, 0.1) is 0 Å². The van der Waals surface area contributed by atoms with Crippen LogP contribution in [-0.4, -0.2) is 12.4 Å². The Hall–Kier alpha value is -1.05. The molecule has 2 heteroatoms. The summed E-state index contributed by atoms with van der Waals surface area (Å²) in [5.41, 5.74) is 1.23. The maximum atomic E-state index is 10.8. The summed E-state index contributed by atoms with van der Waals surface area (Å²) >= 11 is 0. The molecule has 0 N–H and O–H groups in total. The van der Waals surface area contributed by atoms with E-state index in [0.717, 1.165) is 0 Å². The predicted molar refractivity (Wildman–Crippen MR) is 47.6 cm³/mol. The van der Waals surface area contributed by atoms with Gasteiger partial charge in [-0.25, -0.2) is 0 Å². The van der Waals surface area contributed by atoms with E-state index in [9.17, 15) is 4.79 Å². The lowest BCUT2D eigenvalue weighted by Gasteiger charge is -2.04. The molecule has 0 saturated carbocycles. The molecule has 0 aliphatic carbocycles. The van der Waals surface area contributed by atoms with Crippen LogP contribution in [0.2, 0.25) is 0 Å². The number of carbonyl (C=O) groups is 1. The van der Waals surface area contributed by atoms with Crippen molar-refractivity contribution in [3.05, 3.63) is 23.5 Å². The lowest BCUT2D eigenvalue weighted by molar-refractivity contribution is -0.115. The molecule has 2 nitrogen and oxygen atoms in total. The maximum absolute atomic E-state index is 10.8. The smallest absolute Gasteiger partial charge is 0.196 e. The molecule has 1 aliphatic heterocycles. The highest BCUT2D eigenvalue weighted by atomic mass is 16.5. The summed E-state index contributed by atoms with van der Waals surface area (Å²) < 4.78 is 5.12. The van der Waals surface area contributed by atoms with Crippen molar-refractivity contribution in [1.82, 2.24) is 0 Å². The first-order valence-electron chi connectivity index (χ1n) is 4.15. The standard InChI is InChI=1S/C10H14O2/c1-7(2)8(3)4-10-5-9(11)6-12-10/h4-5,7H,6H2,1-3H3. The number of hydrogen-bond acceptors (Lipinski definition) is 2. The van der Waals surface area contributed by atoms with Gasteiger partial charge in [-0.3, -0.25) is 4.79 Å². The summed E-state index contributed by atoms with van der Waals surface area (Å²) in [6, 6.07) is 0. The van der Waals surface area contributed by atoms with E-state index in [1.165, 1.54) is 5.57 Å². The Kier molecular flexibility index (Phi) is 2.69. The Morgan fingerprint density at radius 3 is 2.75 bits per heavy atom. The average Bonchev–Trinajstić information content (AvgIpc) is 2.35. The predicted octanol–water partition coefficient (Wildman–Crippen LogP) is 2.07. The second-order valence-electron chi connectivity index (χ2n) is 3.34. The van der Waals surface area contributed by atoms with Crippen LogP contribution in [0.3, 0.4) is 0 Å². The molecule has 1 aliphatic rings. The van der Waals surface area contributed by atoms with E-state index >= 15 is 0 Å². The SMILES string of the molecule is CC(=CC1=CC(=O)CO1)C(C)C. The minimum atomic E-state index is 0.0535. The fraction of sp³-hybridized carbons (Fsp3) is 0.500. The summed E-state index contributed by atoms with van der Waals surface area (Å²) in [4.78, 5) is 10.8. The van der Waals surface area contributed by atoms with Crippen LogP contribution in [0.4, 0.5) is 0 Å². The topological polar surface area (TPSA) is 26.3 Å². The zero-order valence-corrected chi connectivity index (χ0v) is 7.76. The summed E-state index contributed by atoms with van der Waals surface area (Å²) in [6.45, 7) is 6.47. The fourth-order valence-electron chi connectivity index (χ4n) is 0.871. The second-order valence-corrected chi connectivity index (χ2v) is 3.34. The molecule has 0 atom stereocenters. The third kappa shape index (κ3) is 2.22. The number of hydrogen-bond donors (Lipinski definition) is 0. The second kappa shape index (κ2) is 3.57. The third-order valence-corrected chi connectivity index (χ3v) is 1.96. The Balaban J connectivity index is 2.68. The van der Waals surface area contributed by atoms with Crippen LogP contribution in [0.15, 0.2) is 23.5 Å². The number of carbonyl (C=O) groups excluding carboxylic acids is 1. The van der Waals surface area contributed by atoms with Crippen LogP contribution < -0.4 is 0 Å². The van der Waals surface area contributed by atoms with E-state index in [4.69, 9.17) is 4.74 Å². The largest absolute Gasteiger partial charge is 0.485 e. The molecule has 66 valence electrons. The Morgan fingerprint density at radius 1 is 1.67 bits per heavy atom. The van der Waals surface area contributed by atoms with Gasteiger partial charge in [-0.15, -0.1) is 0 Å². The van der Waals surface area contributed by atoms with Gasteiger partial charge in [0.2, 0.25) is 0 Å². The normalized spacial score (nSPS) is 18.2. The molecule has 0 spiro atoms. The summed E-state index contributed by atoms with van der Waals surface area (Å²) in [5, 5.41) is 0. The number of ketones is 1. The van der Waals surface area contributed by atoms with Crippen molar-refractivity contribution in [2.75, 3.05) is 6.61 Å². The molecule has 1 rings (SSSR count). The van der Waals surface area contributed by atoms with Crippen molar-refractivity contribution in [2.45, 2.75) is 20.8 Å². The van der Waals surface area contributed by atoms with Crippen molar-refractivity contribution in [3.63, 3.8) is 0 Å². The monoisotopic (exact) mass is 166 g/mol. The first-order valence-corrected chi connectivity index (χ1v) is 4.15. The number of rotatable bonds is 2. The molecule has 0 fully saturated rings. The molecule has 0 amide bonds. The van der Waals surface area contributed by atoms with Crippen LogP contribution in [0.1, 0.15) is 20.8 Å². The van der Waals surface area contributed by atoms with E-state index < -0.39 is 0 Å².